The number of aliphatic hydroxyl groups is 1. The zero-order valence-corrected chi connectivity index (χ0v) is 7.30. The van der Waals surface area contributed by atoms with Crippen LogP contribution in [0.15, 0.2) is 0 Å². The Kier molecular flexibility index (Phi) is 3.28. The van der Waals surface area contributed by atoms with Crippen molar-refractivity contribution in [3.05, 3.63) is 0 Å². The van der Waals surface area contributed by atoms with Gasteiger partial charge in [0.1, 0.15) is 0 Å². The van der Waals surface area contributed by atoms with E-state index in [4.69, 9.17) is 10.4 Å². The number of hydrogen-bond acceptors (Lipinski definition) is 2. The third-order valence-electron chi connectivity index (χ3n) is 1.30. The van der Waals surface area contributed by atoms with Gasteiger partial charge >= 0.3 is 0 Å². The number of nitrogens with zero attached hydrogens (tertiary/aromatic N) is 1. The van der Waals surface area contributed by atoms with Crippen LogP contribution in [0.2, 0.25) is 0 Å². The quantitative estimate of drug-likeness (QED) is 0.693. The predicted octanol–water partition coefficient (Wildman–Crippen LogP) is 0.278. The fraction of sp³-hybridized carbons (Fsp3) is 0.800. The van der Waals surface area contributed by atoms with E-state index in [0.29, 0.717) is 12.8 Å². The second kappa shape index (κ2) is 3.22. The van der Waals surface area contributed by atoms with Gasteiger partial charge in [-0.3, -0.25) is 0 Å². The molecule has 0 aromatic heterocycles. The van der Waals surface area contributed by atoms with Crippen molar-refractivity contribution < 1.29 is 26.2 Å². The van der Waals surface area contributed by atoms with Gasteiger partial charge in [-0.15, -0.1) is 0 Å². The summed E-state index contributed by atoms with van der Waals surface area (Å²) >= 11 is 0. The molecule has 0 bridgehead atoms. The van der Waals surface area contributed by atoms with Crippen molar-refractivity contribution in [3.63, 3.8) is 0 Å². The second-order valence-electron chi connectivity index (χ2n) is 1.95. The van der Waals surface area contributed by atoms with E-state index in [2.05, 4.69) is 6.07 Å². The molecule has 1 N–H and O–H groups in total. The van der Waals surface area contributed by atoms with Gasteiger partial charge in [-0.2, -0.15) is 5.26 Å². The Balaban J connectivity index is 0.000000490. The summed E-state index contributed by atoms with van der Waals surface area (Å²) in [6, 6.07) is 2.07. The Morgan fingerprint density at radius 3 is 2.12 bits per heavy atom. The molecule has 0 amide bonds. The second-order valence-corrected chi connectivity index (χ2v) is 1.95. The molecule has 0 aromatic carbocycles. The zero-order chi connectivity index (χ0) is 5.28. The summed E-state index contributed by atoms with van der Waals surface area (Å²) in [5.74, 6) is 0.148. The fourth-order valence-corrected chi connectivity index (χ4v) is 0.693. The molecule has 1 aliphatic rings. The van der Waals surface area contributed by atoms with Crippen LogP contribution in [0.25, 0.3) is 0 Å². The molecule has 0 spiro atoms. The molecule has 0 atom stereocenters. The van der Waals surface area contributed by atoms with Crippen LogP contribution in [-0.2, 0) is 21.1 Å². The van der Waals surface area contributed by atoms with Crippen molar-refractivity contribution in [3.8, 4) is 6.07 Å². The maximum absolute atomic E-state index is 8.60. The van der Waals surface area contributed by atoms with Gasteiger partial charge in [0.25, 0.3) is 0 Å². The SMILES string of the molecule is N#CC1CC(O)C1.[W]. The Hall–Kier alpha value is 0.138. The topological polar surface area (TPSA) is 44.0 Å². The summed E-state index contributed by atoms with van der Waals surface area (Å²) in [6.07, 6.45) is 1.21. The summed E-state index contributed by atoms with van der Waals surface area (Å²) in [6.45, 7) is 0. The molecule has 0 unspecified atom stereocenters. The number of rotatable bonds is 0. The summed E-state index contributed by atoms with van der Waals surface area (Å²) < 4.78 is 0. The predicted molar refractivity (Wildman–Crippen MR) is 24.3 cm³/mol. The molecule has 0 saturated heterocycles. The average Bonchev–Trinajstić information content (AvgIpc) is 1.58. The molecule has 0 radical (unpaired) electrons. The Morgan fingerprint density at radius 2 is 2.00 bits per heavy atom. The normalized spacial score (nSPS) is 34.0. The van der Waals surface area contributed by atoms with E-state index in [1.807, 2.05) is 0 Å². The van der Waals surface area contributed by atoms with Gasteiger partial charge in [0.05, 0.1) is 18.1 Å². The van der Waals surface area contributed by atoms with Crippen molar-refractivity contribution in [1.29, 1.82) is 5.26 Å². The molecule has 1 fully saturated rings. The van der Waals surface area contributed by atoms with Crippen molar-refractivity contribution in [2.75, 3.05) is 0 Å². The standard InChI is InChI=1S/C5H7NO.W/c6-3-4-1-5(7)2-4;/h4-5,7H,1-2H2;. The minimum atomic E-state index is -0.176. The van der Waals surface area contributed by atoms with Crippen molar-refractivity contribution in [2.45, 2.75) is 18.9 Å². The molecular weight excluding hydrogens is 274 g/mol. The number of hydrogen-bond donors (Lipinski definition) is 1. The first-order valence-electron chi connectivity index (χ1n) is 2.40. The maximum Gasteiger partial charge on any atom is 0.0657 e. The van der Waals surface area contributed by atoms with E-state index >= 15 is 0 Å². The van der Waals surface area contributed by atoms with Gasteiger partial charge in [0.2, 0.25) is 0 Å². The third-order valence-corrected chi connectivity index (χ3v) is 1.30. The molecular formula is C5H7NOW. The monoisotopic (exact) mass is 281 g/mol. The van der Waals surface area contributed by atoms with Crippen molar-refractivity contribution >= 4 is 0 Å². The van der Waals surface area contributed by atoms with Crippen LogP contribution >= 0.6 is 0 Å². The maximum atomic E-state index is 8.60. The smallest absolute Gasteiger partial charge is 0.0657 e. The Bertz CT molecular complexity index is 103. The minimum Gasteiger partial charge on any atom is -0.393 e. The average molecular weight is 281 g/mol. The van der Waals surface area contributed by atoms with E-state index in [1.165, 1.54) is 0 Å². The summed E-state index contributed by atoms with van der Waals surface area (Å²) in [5, 5.41) is 16.7. The zero-order valence-electron chi connectivity index (χ0n) is 4.37. The first-order valence-corrected chi connectivity index (χ1v) is 2.40. The van der Waals surface area contributed by atoms with Crippen LogP contribution in [0.3, 0.4) is 0 Å². The molecule has 0 aliphatic heterocycles. The van der Waals surface area contributed by atoms with Crippen LogP contribution in [-0.4, -0.2) is 11.2 Å². The van der Waals surface area contributed by atoms with Gasteiger partial charge in [-0.25, -0.2) is 0 Å². The molecule has 8 heavy (non-hydrogen) atoms. The van der Waals surface area contributed by atoms with Crippen LogP contribution in [0.5, 0.6) is 0 Å². The third kappa shape index (κ3) is 1.58. The minimum absolute atomic E-state index is 0. The van der Waals surface area contributed by atoms with Crippen LogP contribution in [0, 0.1) is 17.2 Å². The fourth-order valence-electron chi connectivity index (χ4n) is 0.693. The van der Waals surface area contributed by atoms with E-state index in [-0.39, 0.29) is 33.1 Å². The van der Waals surface area contributed by atoms with Crippen LogP contribution in [0.1, 0.15) is 12.8 Å². The first kappa shape index (κ1) is 8.14. The number of aliphatic hydroxyl groups excluding tert-OH is 1. The van der Waals surface area contributed by atoms with E-state index < -0.39 is 0 Å². The molecule has 0 aromatic rings. The largest absolute Gasteiger partial charge is 0.393 e. The van der Waals surface area contributed by atoms with Crippen LogP contribution in [0.4, 0.5) is 0 Å². The molecule has 0 heterocycles. The van der Waals surface area contributed by atoms with E-state index in [0.717, 1.165) is 0 Å². The molecule has 2 nitrogen and oxygen atoms in total. The molecule has 44 valence electrons. The molecule has 3 heteroatoms. The summed E-state index contributed by atoms with van der Waals surface area (Å²) in [5.41, 5.74) is 0. The molecule has 1 rings (SSSR count). The van der Waals surface area contributed by atoms with Gasteiger partial charge < -0.3 is 5.11 Å². The first-order chi connectivity index (χ1) is 3.33. The Morgan fingerprint density at radius 1 is 1.50 bits per heavy atom. The van der Waals surface area contributed by atoms with Crippen molar-refractivity contribution in [2.24, 2.45) is 5.92 Å². The van der Waals surface area contributed by atoms with Gasteiger partial charge in [0, 0.05) is 21.1 Å². The van der Waals surface area contributed by atoms with Crippen molar-refractivity contribution in [1.82, 2.24) is 0 Å². The molecule has 1 saturated carbocycles. The number of nitriles is 1. The van der Waals surface area contributed by atoms with Crippen LogP contribution < -0.4 is 0 Å². The van der Waals surface area contributed by atoms with Gasteiger partial charge in [0.15, 0.2) is 0 Å². The summed E-state index contributed by atoms with van der Waals surface area (Å²) in [4.78, 5) is 0. The van der Waals surface area contributed by atoms with Gasteiger partial charge in [-0.1, -0.05) is 0 Å². The van der Waals surface area contributed by atoms with E-state index in [9.17, 15) is 0 Å². The molecule has 1 aliphatic carbocycles. The Labute approximate surface area is 62.8 Å². The van der Waals surface area contributed by atoms with E-state index in [1.54, 1.807) is 0 Å². The van der Waals surface area contributed by atoms with Gasteiger partial charge in [-0.05, 0) is 12.8 Å². The summed E-state index contributed by atoms with van der Waals surface area (Å²) in [7, 11) is 0.